The molecular formula is C14H23N. The van der Waals surface area contributed by atoms with Crippen molar-refractivity contribution in [1.29, 1.82) is 0 Å². The first-order valence-corrected chi connectivity index (χ1v) is 6.05. The van der Waals surface area contributed by atoms with Crippen LogP contribution >= 0.6 is 0 Å². The van der Waals surface area contributed by atoms with Crippen molar-refractivity contribution in [1.82, 2.24) is 5.32 Å². The smallest absolute Gasteiger partial charge is 0.0208 e. The molecule has 0 spiro atoms. The van der Waals surface area contributed by atoms with Crippen LogP contribution in [0.15, 0.2) is 30.3 Å². The molecular weight excluding hydrogens is 182 g/mol. The zero-order valence-corrected chi connectivity index (χ0v) is 10.2. The summed E-state index contributed by atoms with van der Waals surface area (Å²) in [6.07, 6.45) is 2.53. The van der Waals surface area contributed by atoms with E-state index in [4.69, 9.17) is 0 Å². The van der Waals surface area contributed by atoms with Gasteiger partial charge in [0, 0.05) is 12.6 Å². The molecule has 1 aromatic carbocycles. The minimum atomic E-state index is 0.611. The molecule has 0 bridgehead atoms. The summed E-state index contributed by atoms with van der Waals surface area (Å²) < 4.78 is 0. The third kappa shape index (κ3) is 4.05. The van der Waals surface area contributed by atoms with E-state index in [1.807, 2.05) is 0 Å². The minimum absolute atomic E-state index is 0.611. The minimum Gasteiger partial charge on any atom is -0.310 e. The molecule has 0 saturated heterocycles. The van der Waals surface area contributed by atoms with E-state index in [-0.39, 0.29) is 0 Å². The maximum absolute atomic E-state index is 3.60. The van der Waals surface area contributed by atoms with Crippen LogP contribution in [0.5, 0.6) is 0 Å². The highest BCUT2D eigenvalue weighted by atomic mass is 14.9. The molecule has 1 N–H and O–H groups in total. The molecule has 1 atom stereocenters. The van der Waals surface area contributed by atoms with Gasteiger partial charge < -0.3 is 5.32 Å². The van der Waals surface area contributed by atoms with Crippen molar-refractivity contribution in [3.8, 4) is 0 Å². The summed E-state index contributed by atoms with van der Waals surface area (Å²) in [5, 5.41) is 3.60. The lowest BCUT2D eigenvalue weighted by Gasteiger charge is -2.22. The Bertz CT molecular complexity index is 251. The Hall–Kier alpha value is -0.820. The maximum atomic E-state index is 3.60. The third-order valence-electron chi connectivity index (χ3n) is 3.23. The summed E-state index contributed by atoms with van der Waals surface area (Å²) in [5.74, 6) is 0.800. The Morgan fingerprint density at radius 1 is 1.07 bits per heavy atom. The van der Waals surface area contributed by atoms with Gasteiger partial charge in [0.05, 0.1) is 0 Å². The van der Waals surface area contributed by atoms with Gasteiger partial charge in [0.1, 0.15) is 0 Å². The highest BCUT2D eigenvalue weighted by Crippen LogP contribution is 2.13. The molecule has 0 saturated carbocycles. The van der Waals surface area contributed by atoms with Gasteiger partial charge in [0.25, 0.3) is 0 Å². The monoisotopic (exact) mass is 205 g/mol. The highest BCUT2D eigenvalue weighted by Gasteiger charge is 2.11. The molecule has 0 radical (unpaired) electrons. The van der Waals surface area contributed by atoms with Crippen LogP contribution in [0.4, 0.5) is 0 Å². The molecule has 0 aliphatic heterocycles. The average Bonchev–Trinajstić information content (AvgIpc) is 2.29. The second-order valence-corrected chi connectivity index (χ2v) is 4.23. The Morgan fingerprint density at radius 3 is 2.20 bits per heavy atom. The number of rotatable bonds is 6. The third-order valence-corrected chi connectivity index (χ3v) is 3.23. The number of benzene rings is 1. The van der Waals surface area contributed by atoms with E-state index in [1.165, 1.54) is 18.4 Å². The standard InChI is InChI=1S/C14H23N/c1-4-14(5-2)12(3)15-11-13-9-7-6-8-10-13/h6-10,12,14-15H,4-5,11H2,1-3H3. The number of hydrogen-bond donors (Lipinski definition) is 1. The Balaban J connectivity index is 2.36. The van der Waals surface area contributed by atoms with Crippen LogP contribution in [0, 0.1) is 5.92 Å². The van der Waals surface area contributed by atoms with Crippen molar-refractivity contribution in [3.05, 3.63) is 35.9 Å². The van der Waals surface area contributed by atoms with E-state index in [0.29, 0.717) is 6.04 Å². The summed E-state index contributed by atoms with van der Waals surface area (Å²) in [7, 11) is 0. The maximum Gasteiger partial charge on any atom is 0.0208 e. The molecule has 1 nitrogen and oxygen atoms in total. The highest BCUT2D eigenvalue weighted by molar-refractivity contribution is 5.14. The second kappa shape index (κ2) is 6.62. The van der Waals surface area contributed by atoms with E-state index in [0.717, 1.165) is 12.5 Å². The van der Waals surface area contributed by atoms with E-state index in [9.17, 15) is 0 Å². The predicted octanol–water partition coefficient (Wildman–Crippen LogP) is 3.60. The summed E-state index contributed by atoms with van der Waals surface area (Å²) in [6, 6.07) is 11.2. The van der Waals surface area contributed by atoms with Gasteiger partial charge in [-0.15, -0.1) is 0 Å². The molecule has 1 aromatic rings. The Labute approximate surface area is 93.9 Å². The molecule has 1 unspecified atom stereocenters. The molecule has 0 aliphatic carbocycles. The summed E-state index contributed by atoms with van der Waals surface area (Å²) in [4.78, 5) is 0. The molecule has 0 aliphatic rings. The summed E-state index contributed by atoms with van der Waals surface area (Å²) >= 11 is 0. The molecule has 0 heterocycles. The lowest BCUT2D eigenvalue weighted by atomic mass is 9.95. The fourth-order valence-corrected chi connectivity index (χ4v) is 2.04. The zero-order valence-electron chi connectivity index (χ0n) is 10.2. The topological polar surface area (TPSA) is 12.0 Å². The van der Waals surface area contributed by atoms with Crippen molar-refractivity contribution in [2.24, 2.45) is 5.92 Å². The van der Waals surface area contributed by atoms with Gasteiger partial charge >= 0.3 is 0 Å². The lowest BCUT2D eigenvalue weighted by Crippen LogP contribution is -2.32. The van der Waals surface area contributed by atoms with Crippen LogP contribution in [0.2, 0.25) is 0 Å². The van der Waals surface area contributed by atoms with Gasteiger partial charge in [-0.05, 0) is 18.4 Å². The van der Waals surface area contributed by atoms with Crippen molar-refractivity contribution in [2.45, 2.75) is 46.2 Å². The fourth-order valence-electron chi connectivity index (χ4n) is 2.04. The lowest BCUT2D eigenvalue weighted by molar-refractivity contribution is 0.353. The van der Waals surface area contributed by atoms with E-state index < -0.39 is 0 Å². The summed E-state index contributed by atoms with van der Waals surface area (Å²) in [6.45, 7) is 7.82. The van der Waals surface area contributed by atoms with Gasteiger partial charge in [0.2, 0.25) is 0 Å². The van der Waals surface area contributed by atoms with E-state index in [2.05, 4.69) is 56.4 Å². The van der Waals surface area contributed by atoms with Crippen LogP contribution in [-0.4, -0.2) is 6.04 Å². The van der Waals surface area contributed by atoms with Gasteiger partial charge in [-0.3, -0.25) is 0 Å². The van der Waals surface area contributed by atoms with Crippen molar-refractivity contribution in [3.63, 3.8) is 0 Å². The first-order valence-electron chi connectivity index (χ1n) is 6.05. The molecule has 1 heteroatoms. The normalized spacial score (nSPS) is 13.1. The van der Waals surface area contributed by atoms with Crippen LogP contribution < -0.4 is 5.32 Å². The molecule has 0 aromatic heterocycles. The van der Waals surface area contributed by atoms with Gasteiger partial charge in [0.15, 0.2) is 0 Å². The van der Waals surface area contributed by atoms with E-state index >= 15 is 0 Å². The van der Waals surface area contributed by atoms with Crippen molar-refractivity contribution in [2.75, 3.05) is 0 Å². The number of nitrogens with one attached hydrogen (secondary N) is 1. The molecule has 1 rings (SSSR count). The SMILES string of the molecule is CCC(CC)C(C)NCc1ccccc1. The fraction of sp³-hybridized carbons (Fsp3) is 0.571. The van der Waals surface area contributed by atoms with Crippen LogP contribution in [-0.2, 0) is 6.54 Å². The molecule has 15 heavy (non-hydrogen) atoms. The predicted molar refractivity (Wildman–Crippen MR) is 66.8 cm³/mol. The van der Waals surface area contributed by atoms with Crippen molar-refractivity contribution < 1.29 is 0 Å². The van der Waals surface area contributed by atoms with Crippen LogP contribution in [0.3, 0.4) is 0 Å². The van der Waals surface area contributed by atoms with Gasteiger partial charge in [-0.25, -0.2) is 0 Å². The van der Waals surface area contributed by atoms with E-state index in [1.54, 1.807) is 0 Å². The second-order valence-electron chi connectivity index (χ2n) is 4.23. The van der Waals surface area contributed by atoms with Crippen LogP contribution in [0.25, 0.3) is 0 Å². The van der Waals surface area contributed by atoms with Crippen molar-refractivity contribution >= 4 is 0 Å². The average molecular weight is 205 g/mol. The Morgan fingerprint density at radius 2 is 1.67 bits per heavy atom. The number of hydrogen-bond acceptors (Lipinski definition) is 1. The Kier molecular flexibility index (Phi) is 5.41. The first-order chi connectivity index (χ1) is 7.27. The summed E-state index contributed by atoms with van der Waals surface area (Å²) in [5.41, 5.74) is 1.37. The molecule has 0 fully saturated rings. The largest absolute Gasteiger partial charge is 0.310 e. The van der Waals surface area contributed by atoms with Gasteiger partial charge in [-0.2, -0.15) is 0 Å². The van der Waals surface area contributed by atoms with Crippen LogP contribution in [0.1, 0.15) is 39.2 Å². The molecule has 84 valence electrons. The zero-order chi connectivity index (χ0) is 11.1. The quantitative estimate of drug-likeness (QED) is 0.748. The van der Waals surface area contributed by atoms with Gasteiger partial charge in [-0.1, -0.05) is 57.0 Å². The molecule has 0 amide bonds. The first kappa shape index (κ1) is 12.3.